The van der Waals surface area contributed by atoms with Gasteiger partial charge in [0, 0.05) is 17.4 Å². The lowest BCUT2D eigenvalue weighted by molar-refractivity contribution is 0.0413. The van der Waals surface area contributed by atoms with Crippen LogP contribution in [0.5, 0.6) is 0 Å². The molecule has 1 saturated heterocycles. The third-order valence-corrected chi connectivity index (χ3v) is 5.80. The maximum Gasteiger partial charge on any atom is 0.0671 e. The zero-order valence-corrected chi connectivity index (χ0v) is 11.7. The van der Waals surface area contributed by atoms with Crippen molar-refractivity contribution >= 4 is 27.3 Å². The average Bonchev–Trinajstić information content (AvgIpc) is 2.86. The van der Waals surface area contributed by atoms with Crippen molar-refractivity contribution in [2.75, 3.05) is 11.9 Å². The molecule has 2 atom stereocenters. The van der Waals surface area contributed by atoms with Crippen LogP contribution in [-0.2, 0) is 11.2 Å². The van der Waals surface area contributed by atoms with Crippen molar-refractivity contribution in [3.05, 3.63) is 22.4 Å². The normalized spacial score (nSPS) is 34.4. The Morgan fingerprint density at radius 1 is 1.50 bits per heavy atom. The van der Waals surface area contributed by atoms with Gasteiger partial charge in [0.2, 0.25) is 0 Å². The van der Waals surface area contributed by atoms with Gasteiger partial charge in [-0.15, -0.1) is 0 Å². The van der Waals surface area contributed by atoms with Crippen molar-refractivity contribution in [3.63, 3.8) is 0 Å². The van der Waals surface area contributed by atoms with E-state index in [0.29, 0.717) is 11.5 Å². The molecule has 1 aliphatic carbocycles. The van der Waals surface area contributed by atoms with Gasteiger partial charge in [-0.05, 0) is 54.0 Å². The SMILES string of the molecule is BrCC1(Cc2ccsc2)CCOC1C1CC1. The van der Waals surface area contributed by atoms with Crippen LogP contribution in [0.4, 0.5) is 0 Å². The molecule has 1 saturated carbocycles. The van der Waals surface area contributed by atoms with Gasteiger partial charge in [0.05, 0.1) is 6.10 Å². The van der Waals surface area contributed by atoms with Crippen molar-refractivity contribution in [3.8, 4) is 0 Å². The van der Waals surface area contributed by atoms with E-state index >= 15 is 0 Å². The van der Waals surface area contributed by atoms with Crippen molar-refractivity contribution in [1.82, 2.24) is 0 Å². The Bertz CT molecular complexity index is 347. The molecule has 0 radical (unpaired) electrons. The molecule has 0 bridgehead atoms. The van der Waals surface area contributed by atoms with Gasteiger partial charge in [0.1, 0.15) is 0 Å². The van der Waals surface area contributed by atoms with E-state index in [1.54, 1.807) is 11.3 Å². The van der Waals surface area contributed by atoms with Crippen LogP contribution in [0.2, 0.25) is 0 Å². The molecule has 1 aliphatic heterocycles. The predicted molar refractivity (Wildman–Crippen MR) is 71.3 cm³/mol. The Morgan fingerprint density at radius 3 is 3.00 bits per heavy atom. The van der Waals surface area contributed by atoms with E-state index in [4.69, 9.17) is 4.74 Å². The average molecular weight is 301 g/mol. The number of hydrogen-bond donors (Lipinski definition) is 0. The zero-order valence-electron chi connectivity index (χ0n) is 9.32. The second-order valence-electron chi connectivity index (χ2n) is 5.18. The molecule has 2 unspecified atom stereocenters. The highest BCUT2D eigenvalue weighted by atomic mass is 79.9. The fraction of sp³-hybridized carbons (Fsp3) is 0.692. The zero-order chi connectivity index (χ0) is 11.0. The second-order valence-corrected chi connectivity index (χ2v) is 6.52. The van der Waals surface area contributed by atoms with Crippen LogP contribution in [0, 0.1) is 11.3 Å². The quantitative estimate of drug-likeness (QED) is 0.767. The van der Waals surface area contributed by atoms with Gasteiger partial charge >= 0.3 is 0 Å². The molecule has 16 heavy (non-hydrogen) atoms. The van der Waals surface area contributed by atoms with Crippen molar-refractivity contribution in [2.24, 2.45) is 11.3 Å². The van der Waals surface area contributed by atoms with Crippen LogP contribution in [0.1, 0.15) is 24.8 Å². The summed E-state index contributed by atoms with van der Waals surface area (Å²) in [5.74, 6) is 0.846. The molecule has 0 amide bonds. The van der Waals surface area contributed by atoms with Gasteiger partial charge in [0.15, 0.2) is 0 Å². The van der Waals surface area contributed by atoms with Gasteiger partial charge < -0.3 is 4.74 Å². The molecule has 2 heterocycles. The van der Waals surface area contributed by atoms with E-state index in [2.05, 4.69) is 32.8 Å². The molecule has 1 aromatic heterocycles. The molecule has 3 rings (SSSR count). The highest BCUT2D eigenvalue weighted by Crippen LogP contribution is 2.50. The summed E-state index contributed by atoms with van der Waals surface area (Å²) in [5, 5.41) is 5.54. The Kier molecular flexibility index (Phi) is 3.11. The Hall–Kier alpha value is 0.140. The van der Waals surface area contributed by atoms with E-state index in [-0.39, 0.29) is 0 Å². The molecule has 1 nitrogen and oxygen atoms in total. The van der Waals surface area contributed by atoms with E-state index < -0.39 is 0 Å². The molecular weight excluding hydrogens is 284 g/mol. The minimum absolute atomic E-state index is 0.363. The van der Waals surface area contributed by atoms with Crippen molar-refractivity contribution in [2.45, 2.75) is 31.8 Å². The van der Waals surface area contributed by atoms with Crippen LogP contribution >= 0.6 is 27.3 Å². The Morgan fingerprint density at radius 2 is 2.38 bits per heavy atom. The minimum atomic E-state index is 0.363. The number of alkyl halides is 1. The monoisotopic (exact) mass is 300 g/mol. The summed E-state index contributed by atoms with van der Waals surface area (Å²) in [5.41, 5.74) is 1.85. The number of thiophene rings is 1. The van der Waals surface area contributed by atoms with E-state index in [9.17, 15) is 0 Å². The maximum atomic E-state index is 6.01. The number of ether oxygens (including phenoxy) is 1. The van der Waals surface area contributed by atoms with Gasteiger partial charge in [-0.3, -0.25) is 0 Å². The number of halogens is 1. The summed E-state index contributed by atoms with van der Waals surface area (Å²) < 4.78 is 6.01. The van der Waals surface area contributed by atoms with Crippen LogP contribution in [0.15, 0.2) is 16.8 Å². The topological polar surface area (TPSA) is 9.23 Å². The summed E-state index contributed by atoms with van der Waals surface area (Å²) in [6.45, 7) is 0.955. The van der Waals surface area contributed by atoms with Crippen molar-refractivity contribution < 1.29 is 4.74 Å². The van der Waals surface area contributed by atoms with Gasteiger partial charge in [-0.1, -0.05) is 15.9 Å². The maximum absolute atomic E-state index is 6.01. The highest BCUT2D eigenvalue weighted by molar-refractivity contribution is 9.09. The number of rotatable bonds is 4. The van der Waals surface area contributed by atoms with Crippen LogP contribution < -0.4 is 0 Å². The molecular formula is C13H17BrOS. The lowest BCUT2D eigenvalue weighted by Gasteiger charge is -2.32. The molecule has 88 valence electrons. The van der Waals surface area contributed by atoms with Crippen molar-refractivity contribution in [1.29, 1.82) is 0 Å². The summed E-state index contributed by atoms with van der Waals surface area (Å²) in [7, 11) is 0. The lowest BCUT2D eigenvalue weighted by Crippen LogP contribution is -2.36. The van der Waals surface area contributed by atoms with Crippen LogP contribution in [0.3, 0.4) is 0 Å². The summed E-state index contributed by atoms with van der Waals surface area (Å²) in [6, 6.07) is 2.26. The molecule has 2 aliphatic rings. The van der Waals surface area contributed by atoms with E-state index in [0.717, 1.165) is 17.9 Å². The summed E-state index contributed by atoms with van der Waals surface area (Å²) in [6.07, 6.45) is 5.66. The first-order chi connectivity index (χ1) is 7.84. The van der Waals surface area contributed by atoms with Gasteiger partial charge in [-0.25, -0.2) is 0 Å². The first-order valence-electron chi connectivity index (χ1n) is 6.03. The molecule has 2 fully saturated rings. The molecule has 0 spiro atoms. The summed E-state index contributed by atoms with van der Waals surface area (Å²) >= 11 is 5.54. The largest absolute Gasteiger partial charge is 0.377 e. The second kappa shape index (κ2) is 4.43. The summed E-state index contributed by atoms with van der Waals surface area (Å²) in [4.78, 5) is 0. The predicted octanol–water partition coefficient (Wildman–Crippen LogP) is 3.87. The third-order valence-electron chi connectivity index (χ3n) is 3.95. The lowest BCUT2D eigenvalue weighted by atomic mass is 9.76. The van der Waals surface area contributed by atoms with Crippen LogP contribution in [-0.4, -0.2) is 18.0 Å². The first kappa shape index (κ1) is 11.2. The Balaban J connectivity index is 1.80. The molecule has 0 aromatic carbocycles. The standard InChI is InChI=1S/C13H17BrOS/c14-9-13(7-10-3-6-16-8-10)4-5-15-12(13)11-1-2-11/h3,6,8,11-12H,1-2,4-5,7,9H2. The van der Waals surface area contributed by atoms with E-state index in [1.807, 2.05) is 0 Å². The molecule has 3 heteroatoms. The fourth-order valence-electron chi connectivity index (χ4n) is 2.92. The molecule has 1 aromatic rings. The minimum Gasteiger partial charge on any atom is -0.377 e. The third kappa shape index (κ3) is 1.98. The Labute approximate surface area is 109 Å². The highest BCUT2D eigenvalue weighted by Gasteiger charge is 2.50. The fourth-order valence-corrected chi connectivity index (χ4v) is 4.39. The molecule has 0 N–H and O–H groups in total. The number of hydrogen-bond acceptors (Lipinski definition) is 2. The smallest absolute Gasteiger partial charge is 0.0671 e. The van der Waals surface area contributed by atoms with Gasteiger partial charge in [-0.2, -0.15) is 11.3 Å². The van der Waals surface area contributed by atoms with E-state index in [1.165, 1.54) is 31.2 Å². The first-order valence-corrected chi connectivity index (χ1v) is 8.09. The van der Waals surface area contributed by atoms with Crippen LogP contribution in [0.25, 0.3) is 0 Å². The van der Waals surface area contributed by atoms with Gasteiger partial charge in [0.25, 0.3) is 0 Å².